The van der Waals surface area contributed by atoms with Gasteiger partial charge in [0, 0.05) is 12.6 Å². The second kappa shape index (κ2) is 4.83. The van der Waals surface area contributed by atoms with Crippen molar-refractivity contribution in [2.24, 2.45) is 5.92 Å². The van der Waals surface area contributed by atoms with Crippen LogP contribution >= 0.6 is 0 Å². The van der Waals surface area contributed by atoms with Crippen molar-refractivity contribution in [2.45, 2.75) is 32.7 Å². The summed E-state index contributed by atoms with van der Waals surface area (Å²) in [6.07, 6.45) is 2.86. The molecule has 0 bridgehead atoms. The van der Waals surface area contributed by atoms with E-state index >= 15 is 0 Å². The Kier molecular flexibility index (Phi) is 4.02. The van der Waals surface area contributed by atoms with Crippen molar-refractivity contribution in [3.8, 4) is 0 Å². The van der Waals surface area contributed by atoms with E-state index in [9.17, 15) is 0 Å². The third-order valence-electron chi connectivity index (χ3n) is 2.57. The second-order valence-electron chi connectivity index (χ2n) is 3.98. The predicted octanol–water partition coefficient (Wildman–Crippen LogP) is 1.33. The lowest BCUT2D eigenvalue weighted by molar-refractivity contribution is 0.238. The van der Waals surface area contributed by atoms with Gasteiger partial charge >= 0.3 is 0 Å². The highest BCUT2D eigenvalue weighted by Gasteiger charge is 2.28. The van der Waals surface area contributed by atoms with Gasteiger partial charge in [0.25, 0.3) is 0 Å². The monoisotopic (exact) mass is 170 g/mol. The van der Waals surface area contributed by atoms with Gasteiger partial charge in [0.2, 0.25) is 0 Å². The summed E-state index contributed by atoms with van der Waals surface area (Å²) < 4.78 is 0. The summed E-state index contributed by atoms with van der Waals surface area (Å²) >= 11 is 0. The predicted molar refractivity (Wildman–Crippen MR) is 53.4 cm³/mol. The smallest absolute Gasteiger partial charge is 0.00964 e. The number of nitrogens with zero attached hydrogens (tertiary/aromatic N) is 1. The Hall–Kier alpha value is -0.0800. The van der Waals surface area contributed by atoms with Crippen LogP contribution in [0.25, 0.3) is 0 Å². The van der Waals surface area contributed by atoms with Crippen molar-refractivity contribution in [1.29, 1.82) is 0 Å². The molecular weight excluding hydrogens is 148 g/mol. The lowest BCUT2D eigenvalue weighted by Gasteiger charge is -2.23. The topological polar surface area (TPSA) is 15.3 Å². The first-order chi connectivity index (χ1) is 5.77. The van der Waals surface area contributed by atoms with Crippen LogP contribution in [0.5, 0.6) is 0 Å². The average molecular weight is 170 g/mol. The molecule has 0 radical (unpaired) electrons. The molecule has 1 N–H and O–H groups in total. The van der Waals surface area contributed by atoms with Gasteiger partial charge < -0.3 is 10.2 Å². The molecule has 1 aliphatic carbocycles. The number of nitrogens with one attached hydrogen (secondary N) is 1. The molecule has 0 amide bonds. The van der Waals surface area contributed by atoms with Gasteiger partial charge in [-0.1, -0.05) is 13.8 Å². The Morgan fingerprint density at radius 3 is 2.58 bits per heavy atom. The summed E-state index contributed by atoms with van der Waals surface area (Å²) in [5, 5.41) is 3.23. The summed E-state index contributed by atoms with van der Waals surface area (Å²) in [4.78, 5) is 2.61. The molecule has 0 spiro atoms. The Bertz CT molecular complexity index is 121. The summed E-state index contributed by atoms with van der Waals surface area (Å²) in [6, 6.07) is 0.925. The minimum absolute atomic E-state index is 0.788. The van der Waals surface area contributed by atoms with E-state index < -0.39 is 0 Å². The largest absolute Gasteiger partial charge is 0.319 e. The Labute approximate surface area is 76.3 Å². The molecule has 0 aromatic heterocycles. The van der Waals surface area contributed by atoms with Crippen LogP contribution in [0.1, 0.15) is 26.7 Å². The molecule has 0 aromatic rings. The maximum atomic E-state index is 3.23. The van der Waals surface area contributed by atoms with Gasteiger partial charge in [-0.25, -0.2) is 0 Å². The zero-order chi connectivity index (χ0) is 8.97. The number of hydrogen-bond donors (Lipinski definition) is 1. The molecule has 0 heterocycles. The quantitative estimate of drug-likeness (QED) is 0.647. The lowest BCUT2D eigenvalue weighted by atomic mass is 10.1. The van der Waals surface area contributed by atoms with E-state index in [0.717, 1.165) is 18.5 Å². The summed E-state index contributed by atoms with van der Waals surface area (Å²) in [5.74, 6) is 0.788. The van der Waals surface area contributed by atoms with E-state index in [0.29, 0.717) is 0 Å². The molecule has 0 aromatic carbocycles. The van der Waals surface area contributed by atoms with Gasteiger partial charge in [-0.15, -0.1) is 0 Å². The van der Waals surface area contributed by atoms with Crippen LogP contribution in [0.15, 0.2) is 0 Å². The highest BCUT2D eigenvalue weighted by atomic mass is 15.2. The third kappa shape index (κ3) is 3.11. The summed E-state index contributed by atoms with van der Waals surface area (Å²) in [7, 11) is 2.03. The van der Waals surface area contributed by atoms with E-state index in [1.54, 1.807) is 0 Å². The number of rotatable bonds is 6. The minimum Gasteiger partial charge on any atom is -0.319 e. The molecule has 2 nitrogen and oxygen atoms in total. The van der Waals surface area contributed by atoms with Gasteiger partial charge in [0.1, 0.15) is 0 Å². The molecule has 1 fully saturated rings. The van der Waals surface area contributed by atoms with Crippen LogP contribution in [0.2, 0.25) is 0 Å². The standard InChI is InChI=1S/C10H22N2/c1-4-12(10-5-6-10)8-9(2)7-11-3/h9-11H,4-8H2,1-3H3. The third-order valence-corrected chi connectivity index (χ3v) is 2.57. The van der Waals surface area contributed by atoms with Gasteiger partial charge in [-0.05, 0) is 38.9 Å². The molecule has 0 saturated heterocycles. The Morgan fingerprint density at radius 1 is 1.50 bits per heavy atom. The van der Waals surface area contributed by atoms with Crippen molar-refractivity contribution in [3.63, 3.8) is 0 Å². The number of hydrogen-bond acceptors (Lipinski definition) is 2. The van der Waals surface area contributed by atoms with E-state index in [1.165, 1.54) is 25.9 Å². The lowest BCUT2D eigenvalue weighted by Crippen LogP contribution is -2.33. The molecule has 12 heavy (non-hydrogen) atoms. The van der Waals surface area contributed by atoms with Crippen molar-refractivity contribution in [3.05, 3.63) is 0 Å². The van der Waals surface area contributed by atoms with Crippen molar-refractivity contribution < 1.29 is 0 Å². The first-order valence-electron chi connectivity index (χ1n) is 5.16. The molecular formula is C10H22N2. The highest BCUT2D eigenvalue weighted by molar-refractivity contribution is 4.84. The average Bonchev–Trinajstić information content (AvgIpc) is 2.83. The first-order valence-corrected chi connectivity index (χ1v) is 5.16. The molecule has 1 aliphatic rings. The fraction of sp³-hybridized carbons (Fsp3) is 1.00. The maximum absolute atomic E-state index is 3.23. The van der Waals surface area contributed by atoms with E-state index in [1.807, 2.05) is 7.05 Å². The van der Waals surface area contributed by atoms with Crippen LogP contribution in [0.4, 0.5) is 0 Å². The van der Waals surface area contributed by atoms with Crippen LogP contribution < -0.4 is 5.32 Å². The molecule has 1 unspecified atom stereocenters. The van der Waals surface area contributed by atoms with Crippen molar-refractivity contribution in [2.75, 3.05) is 26.7 Å². The van der Waals surface area contributed by atoms with Crippen LogP contribution in [0.3, 0.4) is 0 Å². The molecule has 1 atom stereocenters. The zero-order valence-corrected chi connectivity index (χ0v) is 8.64. The van der Waals surface area contributed by atoms with Crippen molar-refractivity contribution in [1.82, 2.24) is 10.2 Å². The van der Waals surface area contributed by atoms with Gasteiger partial charge in [-0.2, -0.15) is 0 Å². The van der Waals surface area contributed by atoms with Crippen molar-refractivity contribution >= 4 is 0 Å². The molecule has 1 rings (SSSR count). The summed E-state index contributed by atoms with van der Waals surface area (Å²) in [5.41, 5.74) is 0. The zero-order valence-electron chi connectivity index (χ0n) is 8.64. The molecule has 72 valence electrons. The Balaban J connectivity index is 2.16. The van der Waals surface area contributed by atoms with Crippen LogP contribution in [-0.2, 0) is 0 Å². The summed E-state index contributed by atoms with van der Waals surface area (Å²) in [6.45, 7) is 8.22. The van der Waals surface area contributed by atoms with Gasteiger partial charge in [-0.3, -0.25) is 0 Å². The minimum atomic E-state index is 0.788. The van der Waals surface area contributed by atoms with Crippen LogP contribution in [0, 0.1) is 5.92 Å². The fourth-order valence-corrected chi connectivity index (χ4v) is 1.79. The highest BCUT2D eigenvalue weighted by Crippen LogP contribution is 2.26. The SMILES string of the molecule is CCN(CC(C)CNC)C1CC1. The maximum Gasteiger partial charge on any atom is 0.00964 e. The molecule has 2 heteroatoms. The van der Waals surface area contributed by atoms with E-state index in [2.05, 4.69) is 24.1 Å². The van der Waals surface area contributed by atoms with E-state index in [-0.39, 0.29) is 0 Å². The second-order valence-corrected chi connectivity index (χ2v) is 3.98. The van der Waals surface area contributed by atoms with Gasteiger partial charge in [0.05, 0.1) is 0 Å². The molecule has 0 aliphatic heterocycles. The first kappa shape index (κ1) is 10.0. The Morgan fingerprint density at radius 2 is 2.17 bits per heavy atom. The normalized spacial score (nSPS) is 20.0. The van der Waals surface area contributed by atoms with E-state index in [4.69, 9.17) is 0 Å². The fourth-order valence-electron chi connectivity index (χ4n) is 1.79. The van der Waals surface area contributed by atoms with Crippen LogP contribution in [-0.4, -0.2) is 37.6 Å². The molecule has 1 saturated carbocycles. The van der Waals surface area contributed by atoms with Gasteiger partial charge in [0.15, 0.2) is 0 Å².